The molecule has 0 amide bonds. The van der Waals surface area contributed by atoms with E-state index in [2.05, 4.69) is 5.32 Å². The monoisotopic (exact) mass is 323 g/mol. The van der Waals surface area contributed by atoms with E-state index in [1.165, 1.54) is 0 Å². The molecule has 1 rings (SSSR count). The largest absolute Gasteiger partial charge is 0.480 e. The van der Waals surface area contributed by atoms with Gasteiger partial charge in [0.05, 0.1) is 15.1 Å². The van der Waals surface area contributed by atoms with E-state index >= 15 is 0 Å². The molecule has 0 heterocycles. The summed E-state index contributed by atoms with van der Waals surface area (Å²) in [7, 11) is 0. The number of nitrogens with one attached hydrogen (secondary N) is 1. The second-order valence-electron chi connectivity index (χ2n) is 4.71. The zero-order valence-corrected chi connectivity index (χ0v) is 13.1. The second-order valence-corrected chi connectivity index (χ2v) is 5.88. The first-order valence-corrected chi connectivity index (χ1v) is 7.01. The van der Waals surface area contributed by atoms with Gasteiger partial charge in [-0.3, -0.25) is 10.1 Å². The highest BCUT2D eigenvalue weighted by Gasteiger charge is 2.24. The molecule has 0 bridgehead atoms. The van der Waals surface area contributed by atoms with Crippen molar-refractivity contribution in [3.8, 4) is 0 Å². The van der Waals surface area contributed by atoms with Gasteiger partial charge in [0, 0.05) is 6.04 Å². The summed E-state index contributed by atoms with van der Waals surface area (Å²) in [6, 6.07) is 2.49. The van der Waals surface area contributed by atoms with E-state index in [1.807, 2.05) is 20.8 Å². The van der Waals surface area contributed by atoms with Gasteiger partial charge < -0.3 is 5.11 Å². The number of aliphatic carboxylic acids is 1. The maximum atomic E-state index is 11.2. The predicted octanol–water partition coefficient (Wildman–Crippen LogP) is 4.41. The SMILES string of the molecule is CC(NC(C(=O)O)C(C)C)c1ccc(Cl)c(Cl)c1Cl. The highest BCUT2D eigenvalue weighted by molar-refractivity contribution is 6.48. The zero-order chi connectivity index (χ0) is 14.7. The van der Waals surface area contributed by atoms with Gasteiger partial charge in [-0.05, 0) is 24.5 Å². The Kier molecular flexibility index (Phi) is 5.93. The Morgan fingerprint density at radius 3 is 2.21 bits per heavy atom. The molecule has 0 saturated heterocycles. The van der Waals surface area contributed by atoms with Gasteiger partial charge in [0.2, 0.25) is 0 Å². The Bertz CT molecular complexity index is 477. The number of benzene rings is 1. The van der Waals surface area contributed by atoms with Gasteiger partial charge in [-0.1, -0.05) is 54.7 Å². The highest BCUT2D eigenvalue weighted by Crippen LogP contribution is 2.35. The fourth-order valence-corrected chi connectivity index (χ4v) is 2.49. The number of carbonyl (C=O) groups is 1. The third kappa shape index (κ3) is 3.99. The Morgan fingerprint density at radius 2 is 1.74 bits per heavy atom. The van der Waals surface area contributed by atoms with Crippen LogP contribution in [0.5, 0.6) is 0 Å². The molecule has 0 aliphatic heterocycles. The average molecular weight is 325 g/mol. The lowest BCUT2D eigenvalue weighted by Crippen LogP contribution is -2.42. The van der Waals surface area contributed by atoms with E-state index in [4.69, 9.17) is 39.9 Å². The maximum absolute atomic E-state index is 11.2. The van der Waals surface area contributed by atoms with Crippen molar-refractivity contribution in [2.75, 3.05) is 0 Å². The van der Waals surface area contributed by atoms with Crippen LogP contribution in [0.2, 0.25) is 15.1 Å². The van der Waals surface area contributed by atoms with Crippen LogP contribution in [0.25, 0.3) is 0 Å². The fraction of sp³-hybridized carbons (Fsp3) is 0.462. The number of rotatable bonds is 5. The van der Waals surface area contributed by atoms with Crippen LogP contribution < -0.4 is 5.32 Å². The Labute approximate surface area is 127 Å². The standard InChI is InChI=1S/C13H16Cl3NO2/c1-6(2)12(13(18)19)17-7(3)8-4-5-9(14)11(16)10(8)15/h4-7,12,17H,1-3H3,(H,18,19). The van der Waals surface area contributed by atoms with Gasteiger partial charge in [0.15, 0.2) is 0 Å². The first-order chi connectivity index (χ1) is 8.75. The minimum Gasteiger partial charge on any atom is -0.480 e. The van der Waals surface area contributed by atoms with Crippen molar-refractivity contribution in [3.63, 3.8) is 0 Å². The van der Waals surface area contributed by atoms with Crippen LogP contribution >= 0.6 is 34.8 Å². The van der Waals surface area contributed by atoms with Gasteiger partial charge in [-0.25, -0.2) is 0 Å². The number of hydrogen-bond acceptors (Lipinski definition) is 2. The highest BCUT2D eigenvalue weighted by atomic mass is 35.5. The smallest absolute Gasteiger partial charge is 0.320 e. The molecule has 0 aromatic heterocycles. The van der Waals surface area contributed by atoms with E-state index in [9.17, 15) is 4.79 Å². The van der Waals surface area contributed by atoms with Crippen molar-refractivity contribution in [3.05, 3.63) is 32.8 Å². The van der Waals surface area contributed by atoms with Crippen molar-refractivity contribution in [2.24, 2.45) is 5.92 Å². The molecule has 2 unspecified atom stereocenters. The van der Waals surface area contributed by atoms with Gasteiger partial charge in [0.1, 0.15) is 6.04 Å². The van der Waals surface area contributed by atoms with Crippen LogP contribution in [0, 0.1) is 5.92 Å². The molecule has 6 heteroatoms. The summed E-state index contributed by atoms with van der Waals surface area (Å²) in [6.45, 7) is 5.52. The Hall–Kier alpha value is -0.480. The third-order valence-corrected chi connectivity index (χ3v) is 4.20. The molecule has 19 heavy (non-hydrogen) atoms. The molecule has 0 aliphatic rings. The molecule has 0 radical (unpaired) electrons. The maximum Gasteiger partial charge on any atom is 0.320 e. The number of carboxylic acid groups (broad SMARTS) is 1. The molecule has 1 aromatic carbocycles. The lowest BCUT2D eigenvalue weighted by atomic mass is 10.0. The molecule has 3 nitrogen and oxygen atoms in total. The van der Waals surface area contributed by atoms with Crippen LogP contribution in [0.4, 0.5) is 0 Å². The van der Waals surface area contributed by atoms with Crippen LogP contribution in [0.3, 0.4) is 0 Å². The van der Waals surface area contributed by atoms with E-state index in [0.717, 1.165) is 5.56 Å². The lowest BCUT2D eigenvalue weighted by Gasteiger charge is -2.24. The van der Waals surface area contributed by atoms with Crippen LogP contribution in [-0.4, -0.2) is 17.1 Å². The molecule has 1 aromatic rings. The summed E-state index contributed by atoms with van der Waals surface area (Å²) >= 11 is 18.0. The average Bonchev–Trinajstić information content (AvgIpc) is 2.32. The van der Waals surface area contributed by atoms with Gasteiger partial charge in [0.25, 0.3) is 0 Å². The van der Waals surface area contributed by atoms with Gasteiger partial charge in [-0.2, -0.15) is 0 Å². The topological polar surface area (TPSA) is 49.3 Å². The van der Waals surface area contributed by atoms with E-state index in [-0.39, 0.29) is 17.0 Å². The second kappa shape index (κ2) is 6.80. The number of carboxylic acids is 1. The van der Waals surface area contributed by atoms with E-state index in [1.54, 1.807) is 12.1 Å². The zero-order valence-electron chi connectivity index (χ0n) is 10.9. The summed E-state index contributed by atoms with van der Waals surface area (Å²) in [5.74, 6) is -0.931. The molecular formula is C13H16Cl3NO2. The molecule has 0 saturated carbocycles. The van der Waals surface area contributed by atoms with Crippen LogP contribution in [0.15, 0.2) is 12.1 Å². The molecule has 2 atom stereocenters. The molecule has 0 aliphatic carbocycles. The summed E-state index contributed by atoms with van der Waals surface area (Å²) in [4.78, 5) is 11.2. The van der Waals surface area contributed by atoms with E-state index in [0.29, 0.717) is 10.0 Å². The van der Waals surface area contributed by atoms with Crippen LogP contribution in [0.1, 0.15) is 32.4 Å². The molecule has 0 fully saturated rings. The minimum absolute atomic E-state index is 0.0403. The third-order valence-electron chi connectivity index (χ3n) is 2.89. The predicted molar refractivity (Wildman–Crippen MR) is 79.3 cm³/mol. The Balaban J connectivity index is 2.98. The summed E-state index contributed by atoms with van der Waals surface area (Å²) < 4.78 is 0. The first kappa shape index (κ1) is 16.6. The van der Waals surface area contributed by atoms with Gasteiger partial charge in [-0.15, -0.1) is 0 Å². The first-order valence-electron chi connectivity index (χ1n) is 5.88. The van der Waals surface area contributed by atoms with Crippen molar-refractivity contribution >= 4 is 40.8 Å². The van der Waals surface area contributed by atoms with E-state index < -0.39 is 12.0 Å². The van der Waals surface area contributed by atoms with Crippen LogP contribution in [-0.2, 0) is 4.79 Å². The number of halogens is 3. The van der Waals surface area contributed by atoms with Gasteiger partial charge >= 0.3 is 5.97 Å². The quantitative estimate of drug-likeness (QED) is 0.789. The summed E-state index contributed by atoms with van der Waals surface area (Å²) in [6.07, 6.45) is 0. The fourth-order valence-electron chi connectivity index (χ4n) is 1.78. The minimum atomic E-state index is -0.891. The van der Waals surface area contributed by atoms with Crippen molar-refractivity contribution in [1.29, 1.82) is 0 Å². The molecule has 106 valence electrons. The lowest BCUT2D eigenvalue weighted by molar-refractivity contribution is -0.140. The van der Waals surface area contributed by atoms with Crippen molar-refractivity contribution in [1.82, 2.24) is 5.32 Å². The number of hydrogen-bond donors (Lipinski definition) is 2. The Morgan fingerprint density at radius 1 is 1.16 bits per heavy atom. The molecular weight excluding hydrogens is 309 g/mol. The normalized spacial score (nSPS) is 14.5. The summed E-state index contributed by atoms with van der Waals surface area (Å²) in [5.41, 5.74) is 0.725. The van der Waals surface area contributed by atoms with Crippen molar-refractivity contribution in [2.45, 2.75) is 32.9 Å². The van der Waals surface area contributed by atoms with Crippen molar-refractivity contribution < 1.29 is 9.90 Å². The molecule has 2 N–H and O–H groups in total. The molecule has 0 spiro atoms. The summed E-state index contributed by atoms with van der Waals surface area (Å²) in [5, 5.41) is 13.2.